The van der Waals surface area contributed by atoms with Crippen molar-refractivity contribution in [3.05, 3.63) is 50.8 Å². The molecule has 1 aromatic carbocycles. The summed E-state index contributed by atoms with van der Waals surface area (Å²) in [6.45, 7) is 1.77. The molecule has 0 saturated carbocycles. The summed E-state index contributed by atoms with van der Waals surface area (Å²) >= 11 is 1.19. The molecule has 8 nitrogen and oxygen atoms in total. The molecule has 146 valence electrons. The number of aryl methyl sites for hydroxylation is 1. The highest BCUT2D eigenvalue weighted by molar-refractivity contribution is 7.13. The number of amides is 1. The van der Waals surface area contributed by atoms with Gasteiger partial charge in [0.05, 0.1) is 38.3 Å². The number of esters is 1. The minimum absolute atomic E-state index is 0.0275. The van der Waals surface area contributed by atoms with Crippen LogP contribution in [-0.4, -0.2) is 31.1 Å². The molecule has 0 fully saturated rings. The van der Waals surface area contributed by atoms with Crippen LogP contribution < -0.4 is 15.7 Å². The van der Waals surface area contributed by atoms with Gasteiger partial charge in [0.25, 0.3) is 0 Å². The third-order valence-electron chi connectivity index (χ3n) is 4.18. The van der Waals surface area contributed by atoms with Crippen LogP contribution in [0.4, 0.5) is 5.13 Å². The van der Waals surface area contributed by atoms with E-state index < -0.39 is 17.5 Å². The lowest BCUT2D eigenvalue weighted by molar-refractivity contribution is -0.139. The second-order valence-electron chi connectivity index (χ2n) is 5.98. The van der Waals surface area contributed by atoms with Crippen LogP contribution >= 0.6 is 11.3 Å². The molecule has 0 unspecified atom stereocenters. The van der Waals surface area contributed by atoms with Gasteiger partial charge in [-0.15, -0.1) is 11.3 Å². The number of thiazole rings is 1. The number of benzene rings is 1. The molecule has 2 heterocycles. The van der Waals surface area contributed by atoms with Crippen LogP contribution in [0.25, 0.3) is 11.0 Å². The van der Waals surface area contributed by atoms with Gasteiger partial charge in [-0.3, -0.25) is 9.59 Å². The Balaban J connectivity index is 1.78. The first kappa shape index (κ1) is 19.6. The quantitative estimate of drug-likeness (QED) is 0.498. The maximum Gasteiger partial charge on any atom is 0.340 e. The van der Waals surface area contributed by atoms with Crippen LogP contribution in [0.2, 0.25) is 0 Å². The van der Waals surface area contributed by atoms with E-state index in [0.717, 1.165) is 5.39 Å². The Hall–Kier alpha value is -3.20. The van der Waals surface area contributed by atoms with E-state index in [1.807, 2.05) is 0 Å². The van der Waals surface area contributed by atoms with Crippen molar-refractivity contribution in [3.8, 4) is 5.75 Å². The Morgan fingerprint density at radius 1 is 1.25 bits per heavy atom. The van der Waals surface area contributed by atoms with Crippen LogP contribution in [0, 0.1) is 6.92 Å². The smallest absolute Gasteiger partial charge is 0.340 e. The molecule has 3 rings (SSSR count). The largest absolute Gasteiger partial charge is 0.497 e. The molecular weight excluding hydrogens is 384 g/mol. The maximum absolute atomic E-state index is 12.4. The zero-order valence-corrected chi connectivity index (χ0v) is 16.3. The van der Waals surface area contributed by atoms with Gasteiger partial charge in [0.1, 0.15) is 11.3 Å². The minimum atomic E-state index is -0.570. The summed E-state index contributed by atoms with van der Waals surface area (Å²) < 4.78 is 15.1. The maximum atomic E-state index is 12.4. The SMILES string of the molecule is COC(=O)Cc1csc(NC(=O)Cc2c(C)c3ccc(OC)cc3oc2=O)n1. The van der Waals surface area contributed by atoms with E-state index in [0.29, 0.717) is 27.7 Å². The topological polar surface area (TPSA) is 108 Å². The van der Waals surface area contributed by atoms with E-state index >= 15 is 0 Å². The molecule has 1 N–H and O–H groups in total. The molecule has 2 aromatic heterocycles. The van der Waals surface area contributed by atoms with Crippen molar-refractivity contribution in [3.63, 3.8) is 0 Å². The van der Waals surface area contributed by atoms with E-state index in [4.69, 9.17) is 9.15 Å². The van der Waals surface area contributed by atoms with E-state index in [9.17, 15) is 14.4 Å². The average Bonchev–Trinajstić information content (AvgIpc) is 3.11. The standard InChI is InChI=1S/C19H18N2O6S/c1-10-13-5-4-12(25-2)7-15(13)27-18(24)14(10)8-16(22)21-19-20-11(9-28-19)6-17(23)26-3/h4-5,7,9H,6,8H2,1-3H3,(H,20,21,22). The van der Waals surface area contributed by atoms with Crippen molar-refractivity contribution in [2.75, 3.05) is 19.5 Å². The van der Waals surface area contributed by atoms with E-state index in [2.05, 4.69) is 15.0 Å². The van der Waals surface area contributed by atoms with Crippen molar-refractivity contribution in [1.29, 1.82) is 0 Å². The highest BCUT2D eigenvalue weighted by Gasteiger charge is 2.17. The number of methoxy groups -OCH3 is 2. The molecule has 0 aliphatic heterocycles. The van der Waals surface area contributed by atoms with Crippen molar-refractivity contribution < 1.29 is 23.5 Å². The van der Waals surface area contributed by atoms with Gasteiger partial charge in [-0.2, -0.15) is 0 Å². The third-order valence-corrected chi connectivity index (χ3v) is 4.99. The Morgan fingerprint density at radius 3 is 2.75 bits per heavy atom. The molecule has 9 heteroatoms. The lowest BCUT2D eigenvalue weighted by Crippen LogP contribution is -2.20. The molecule has 0 spiro atoms. The monoisotopic (exact) mass is 402 g/mol. The first-order valence-corrected chi connectivity index (χ1v) is 9.20. The molecule has 0 aliphatic carbocycles. The normalized spacial score (nSPS) is 10.7. The second-order valence-corrected chi connectivity index (χ2v) is 6.84. The Labute approximate surface area is 164 Å². The molecule has 28 heavy (non-hydrogen) atoms. The van der Waals surface area contributed by atoms with Crippen molar-refractivity contribution in [2.45, 2.75) is 19.8 Å². The van der Waals surface area contributed by atoms with E-state index in [-0.39, 0.29) is 18.4 Å². The van der Waals surface area contributed by atoms with E-state index in [1.165, 1.54) is 25.6 Å². The number of hydrogen-bond donors (Lipinski definition) is 1. The number of nitrogens with zero attached hydrogens (tertiary/aromatic N) is 1. The third kappa shape index (κ3) is 4.20. The molecule has 0 bridgehead atoms. The lowest BCUT2D eigenvalue weighted by Gasteiger charge is -2.08. The fourth-order valence-electron chi connectivity index (χ4n) is 2.70. The van der Waals surface area contributed by atoms with Gasteiger partial charge in [-0.25, -0.2) is 9.78 Å². The molecule has 0 radical (unpaired) electrons. The molecular formula is C19H18N2O6S. The zero-order chi connectivity index (χ0) is 20.3. The summed E-state index contributed by atoms with van der Waals surface area (Å²) in [5, 5.41) is 5.38. The van der Waals surface area contributed by atoms with Gasteiger partial charge in [0, 0.05) is 16.8 Å². The summed E-state index contributed by atoms with van der Waals surface area (Å²) in [7, 11) is 2.82. The van der Waals surface area contributed by atoms with Gasteiger partial charge in [-0.05, 0) is 24.6 Å². The van der Waals surface area contributed by atoms with Crippen LogP contribution in [0.15, 0.2) is 32.8 Å². The highest BCUT2D eigenvalue weighted by Crippen LogP contribution is 2.24. The fourth-order valence-corrected chi connectivity index (χ4v) is 3.42. The minimum Gasteiger partial charge on any atom is -0.497 e. The zero-order valence-electron chi connectivity index (χ0n) is 15.5. The predicted molar refractivity (Wildman–Crippen MR) is 104 cm³/mol. The number of ether oxygens (including phenoxy) is 2. The highest BCUT2D eigenvalue weighted by atomic mass is 32.1. The Morgan fingerprint density at radius 2 is 2.04 bits per heavy atom. The summed E-state index contributed by atoms with van der Waals surface area (Å²) in [5.74, 6) is -0.237. The fraction of sp³-hybridized carbons (Fsp3) is 0.263. The number of hydrogen-bond acceptors (Lipinski definition) is 8. The summed E-state index contributed by atoms with van der Waals surface area (Å²) in [5.41, 5.74) is 1.29. The van der Waals surface area contributed by atoms with Crippen LogP contribution in [-0.2, 0) is 27.2 Å². The van der Waals surface area contributed by atoms with Gasteiger partial charge < -0.3 is 19.2 Å². The van der Waals surface area contributed by atoms with Gasteiger partial charge in [-0.1, -0.05) is 0 Å². The molecule has 0 atom stereocenters. The predicted octanol–water partition coefficient (Wildman–Crippen LogP) is 2.46. The number of carbonyl (C=O) groups is 2. The second kappa shape index (κ2) is 8.22. The molecule has 0 saturated heterocycles. The Kier molecular flexibility index (Phi) is 5.74. The lowest BCUT2D eigenvalue weighted by atomic mass is 10.0. The number of carbonyl (C=O) groups excluding carboxylic acids is 2. The number of fused-ring (bicyclic) bond motifs is 1. The number of anilines is 1. The van der Waals surface area contributed by atoms with Crippen molar-refractivity contribution in [2.24, 2.45) is 0 Å². The summed E-state index contributed by atoms with van der Waals surface area (Å²) in [4.78, 5) is 40.2. The Bertz CT molecular complexity index is 1100. The molecule has 1 amide bonds. The van der Waals surface area contributed by atoms with Crippen LogP contribution in [0.5, 0.6) is 5.75 Å². The van der Waals surface area contributed by atoms with Crippen molar-refractivity contribution >= 4 is 39.3 Å². The van der Waals surface area contributed by atoms with Crippen LogP contribution in [0.1, 0.15) is 16.8 Å². The van der Waals surface area contributed by atoms with Gasteiger partial charge in [0.15, 0.2) is 5.13 Å². The van der Waals surface area contributed by atoms with Gasteiger partial charge >= 0.3 is 11.6 Å². The number of rotatable bonds is 6. The first-order valence-electron chi connectivity index (χ1n) is 8.32. The summed E-state index contributed by atoms with van der Waals surface area (Å²) in [6, 6.07) is 5.18. The summed E-state index contributed by atoms with van der Waals surface area (Å²) in [6.07, 6.45) is -0.123. The average molecular weight is 402 g/mol. The van der Waals surface area contributed by atoms with E-state index in [1.54, 1.807) is 30.5 Å². The molecule has 0 aliphatic rings. The molecule has 3 aromatic rings. The number of aromatic nitrogens is 1. The van der Waals surface area contributed by atoms with Crippen molar-refractivity contribution in [1.82, 2.24) is 4.98 Å². The van der Waals surface area contributed by atoms with Crippen LogP contribution in [0.3, 0.4) is 0 Å². The number of nitrogens with one attached hydrogen (secondary N) is 1. The first-order chi connectivity index (χ1) is 13.4. The van der Waals surface area contributed by atoms with Gasteiger partial charge in [0.2, 0.25) is 5.91 Å².